The maximum Gasteiger partial charge on any atom is 0.325 e. The predicted octanol–water partition coefficient (Wildman–Crippen LogP) is -0.363. The molecule has 0 bridgehead atoms. The van der Waals surface area contributed by atoms with Crippen molar-refractivity contribution in [1.29, 1.82) is 0 Å². The van der Waals surface area contributed by atoms with E-state index in [-0.39, 0.29) is 18.1 Å². The Hall–Kier alpha value is -2.05. The molecule has 1 amide bonds. The number of nitrogen functional groups attached to an aromatic ring is 1. The van der Waals surface area contributed by atoms with Crippen molar-refractivity contribution in [1.82, 2.24) is 14.7 Å². The van der Waals surface area contributed by atoms with Gasteiger partial charge in [0, 0.05) is 19.8 Å². The quantitative estimate of drug-likeness (QED) is 0.725. The molecule has 2 N–H and O–H groups in total. The molecular formula is C10H16N4O3. The summed E-state index contributed by atoms with van der Waals surface area (Å²) < 4.78 is 5.97. The summed E-state index contributed by atoms with van der Waals surface area (Å²) in [6.45, 7) is 2.03. The third-order valence-corrected chi connectivity index (χ3v) is 2.28. The van der Waals surface area contributed by atoms with Gasteiger partial charge in [-0.25, -0.2) is 0 Å². The van der Waals surface area contributed by atoms with Gasteiger partial charge in [-0.2, -0.15) is 5.10 Å². The minimum absolute atomic E-state index is 0.109. The zero-order valence-corrected chi connectivity index (χ0v) is 10.1. The fourth-order valence-corrected chi connectivity index (χ4v) is 1.37. The zero-order chi connectivity index (χ0) is 13.0. The van der Waals surface area contributed by atoms with E-state index in [2.05, 4.69) is 9.84 Å². The number of nitrogens with zero attached hydrogens (tertiary/aromatic N) is 3. The van der Waals surface area contributed by atoms with Crippen LogP contribution < -0.4 is 5.73 Å². The summed E-state index contributed by atoms with van der Waals surface area (Å²) in [5.74, 6) is -0.856. The molecule has 0 fully saturated rings. The molecule has 0 unspecified atom stereocenters. The van der Waals surface area contributed by atoms with Crippen LogP contribution >= 0.6 is 0 Å². The smallest absolute Gasteiger partial charge is 0.325 e. The SMILES string of the molecule is CCN(CC(=O)OC)C(=O)c1nn(C)cc1N. The lowest BCUT2D eigenvalue weighted by molar-refractivity contribution is -0.141. The molecule has 0 aliphatic carbocycles. The lowest BCUT2D eigenvalue weighted by atomic mass is 10.3. The number of ether oxygens (including phenoxy) is 1. The van der Waals surface area contributed by atoms with Gasteiger partial charge in [0.2, 0.25) is 0 Å². The molecule has 0 saturated carbocycles. The van der Waals surface area contributed by atoms with Crippen LogP contribution in [0.5, 0.6) is 0 Å². The summed E-state index contributed by atoms with van der Waals surface area (Å²) in [5, 5.41) is 3.96. The number of carbonyl (C=O) groups is 2. The molecule has 0 spiro atoms. The molecule has 0 aliphatic rings. The van der Waals surface area contributed by atoms with Crippen LogP contribution in [0.15, 0.2) is 6.20 Å². The van der Waals surface area contributed by atoms with Crippen LogP contribution in [0.4, 0.5) is 5.69 Å². The summed E-state index contributed by atoms with van der Waals surface area (Å²) >= 11 is 0. The van der Waals surface area contributed by atoms with Gasteiger partial charge in [0.05, 0.1) is 12.8 Å². The summed E-state index contributed by atoms with van der Waals surface area (Å²) in [7, 11) is 2.94. The van der Waals surface area contributed by atoms with Gasteiger partial charge in [0.15, 0.2) is 5.69 Å². The van der Waals surface area contributed by atoms with Crippen LogP contribution in [0.1, 0.15) is 17.4 Å². The van der Waals surface area contributed by atoms with Crippen LogP contribution in [-0.4, -0.2) is 46.8 Å². The number of carbonyl (C=O) groups excluding carboxylic acids is 2. The first kappa shape index (κ1) is 13.0. The average molecular weight is 240 g/mol. The highest BCUT2D eigenvalue weighted by molar-refractivity contribution is 5.98. The summed E-state index contributed by atoms with van der Waals surface area (Å²) in [5.41, 5.74) is 6.09. The van der Waals surface area contributed by atoms with Crippen molar-refractivity contribution in [3.8, 4) is 0 Å². The number of rotatable bonds is 4. The average Bonchev–Trinajstić information content (AvgIpc) is 2.64. The van der Waals surface area contributed by atoms with Crippen molar-refractivity contribution >= 4 is 17.6 Å². The van der Waals surface area contributed by atoms with Crippen LogP contribution in [0.2, 0.25) is 0 Å². The van der Waals surface area contributed by atoms with Gasteiger partial charge in [-0.05, 0) is 6.92 Å². The van der Waals surface area contributed by atoms with E-state index >= 15 is 0 Å². The predicted molar refractivity (Wildman–Crippen MR) is 61.2 cm³/mol. The first-order valence-corrected chi connectivity index (χ1v) is 5.14. The van der Waals surface area contributed by atoms with Crippen LogP contribution in [0, 0.1) is 0 Å². The molecule has 0 aliphatic heterocycles. The third-order valence-electron chi connectivity index (χ3n) is 2.28. The third kappa shape index (κ3) is 2.96. The number of methoxy groups -OCH3 is 1. The van der Waals surface area contributed by atoms with Crippen molar-refractivity contribution < 1.29 is 14.3 Å². The second-order valence-electron chi connectivity index (χ2n) is 3.50. The van der Waals surface area contributed by atoms with Crippen LogP contribution in [0.3, 0.4) is 0 Å². The largest absolute Gasteiger partial charge is 0.468 e. The van der Waals surface area contributed by atoms with Gasteiger partial charge in [0.1, 0.15) is 6.54 Å². The number of esters is 1. The Morgan fingerprint density at radius 2 is 2.24 bits per heavy atom. The molecule has 1 rings (SSSR count). The van der Waals surface area contributed by atoms with Crippen LogP contribution in [-0.2, 0) is 16.6 Å². The van der Waals surface area contributed by atoms with Gasteiger partial charge < -0.3 is 15.4 Å². The van der Waals surface area contributed by atoms with E-state index in [9.17, 15) is 9.59 Å². The molecule has 1 aromatic rings. The van der Waals surface area contributed by atoms with E-state index in [1.807, 2.05) is 0 Å². The molecule has 0 aromatic carbocycles. The van der Waals surface area contributed by atoms with E-state index in [0.29, 0.717) is 12.2 Å². The van der Waals surface area contributed by atoms with E-state index in [0.717, 1.165) is 0 Å². The number of hydrogen-bond donors (Lipinski definition) is 1. The van der Waals surface area contributed by atoms with Crippen molar-refractivity contribution in [2.24, 2.45) is 7.05 Å². The number of amides is 1. The zero-order valence-electron chi connectivity index (χ0n) is 10.1. The number of nitrogens with two attached hydrogens (primary N) is 1. The van der Waals surface area contributed by atoms with Gasteiger partial charge >= 0.3 is 5.97 Å². The Bertz CT molecular complexity index is 427. The van der Waals surface area contributed by atoms with Gasteiger partial charge in [-0.3, -0.25) is 14.3 Å². The fraction of sp³-hybridized carbons (Fsp3) is 0.500. The highest BCUT2D eigenvalue weighted by atomic mass is 16.5. The Labute approximate surface area is 99.1 Å². The molecule has 94 valence electrons. The fourth-order valence-electron chi connectivity index (χ4n) is 1.37. The first-order valence-electron chi connectivity index (χ1n) is 5.14. The molecule has 0 radical (unpaired) electrons. The highest BCUT2D eigenvalue weighted by Gasteiger charge is 2.22. The van der Waals surface area contributed by atoms with Gasteiger partial charge in [-0.15, -0.1) is 0 Å². The van der Waals surface area contributed by atoms with Gasteiger partial charge in [-0.1, -0.05) is 0 Å². The topological polar surface area (TPSA) is 90.5 Å². The van der Waals surface area contributed by atoms with E-state index in [1.165, 1.54) is 16.7 Å². The van der Waals surface area contributed by atoms with Crippen molar-refractivity contribution in [2.45, 2.75) is 6.92 Å². The Morgan fingerprint density at radius 1 is 1.59 bits per heavy atom. The molecule has 0 atom stereocenters. The lowest BCUT2D eigenvalue weighted by Gasteiger charge is -2.18. The van der Waals surface area contributed by atoms with E-state index in [4.69, 9.17) is 5.73 Å². The maximum atomic E-state index is 12.0. The molecule has 1 aromatic heterocycles. The van der Waals surface area contributed by atoms with Gasteiger partial charge in [0.25, 0.3) is 5.91 Å². The normalized spacial score (nSPS) is 10.1. The minimum Gasteiger partial charge on any atom is -0.468 e. The maximum absolute atomic E-state index is 12.0. The Balaban J connectivity index is 2.86. The second-order valence-corrected chi connectivity index (χ2v) is 3.50. The molecule has 17 heavy (non-hydrogen) atoms. The molecule has 7 nitrogen and oxygen atoms in total. The Morgan fingerprint density at radius 3 is 2.65 bits per heavy atom. The van der Waals surface area contributed by atoms with Crippen molar-refractivity contribution in [3.63, 3.8) is 0 Å². The number of aryl methyl sites for hydroxylation is 1. The standard InChI is InChI=1S/C10H16N4O3/c1-4-14(6-8(15)17-3)10(16)9-7(11)5-13(2)12-9/h5H,4,6,11H2,1-3H3. The molecule has 7 heteroatoms. The highest BCUT2D eigenvalue weighted by Crippen LogP contribution is 2.11. The summed E-state index contributed by atoms with van der Waals surface area (Å²) in [4.78, 5) is 24.5. The van der Waals surface area contributed by atoms with Crippen molar-refractivity contribution in [2.75, 3.05) is 25.9 Å². The Kier molecular flexibility index (Phi) is 4.08. The minimum atomic E-state index is -0.477. The monoisotopic (exact) mass is 240 g/mol. The number of hydrogen-bond acceptors (Lipinski definition) is 5. The lowest BCUT2D eigenvalue weighted by Crippen LogP contribution is -2.36. The molecular weight excluding hydrogens is 224 g/mol. The first-order chi connectivity index (χ1) is 7.99. The van der Waals surface area contributed by atoms with Crippen molar-refractivity contribution in [3.05, 3.63) is 11.9 Å². The number of aromatic nitrogens is 2. The van der Waals surface area contributed by atoms with Crippen LogP contribution in [0.25, 0.3) is 0 Å². The van der Waals surface area contributed by atoms with E-state index in [1.54, 1.807) is 20.2 Å². The molecule has 1 heterocycles. The van der Waals surface area contributed by atoms with E-state index < -0.39 is 5.97 Å². The summed E-state index contributed by atoms with van der Waals surface area (Å²) in [6.07, 6.45) is 1.54. The number of likely N-dealkylation sites (N-methyl/N-ethyl adjacent to an activating group) is 1. The summed E-state index contributed by atoms with van der Waals surface area (Å²) in [6, 6.07) is 0. The second kappa shape index (κ2) is 5.33. The number of anilines is 1. The molecule has 0 saturated heterocycles.